The Kier molecular flexibility index (Phi) is 5.11. The highest BCUT2D eigenvalue weighted by Gasteiger charge is 2.23. The van der Waals surface area contributed by atoms with Gasteiger partial charge in [0, 0.05) is 11.6 Å². The van der Waals surface area contributed by atoms with Gasteiger partial charge in [-0.05, 0) is 13.0 Å². The van der Waals surface area contributed by atoms with Crippen molar-refractivity contribution >= 4 is 11.7 Å². The molecule has 0 atom stereocenters. The number of nitrogens with zero attached hydrogens (tertiary/aromatic N) is 1. The van der Waals surface area contributed by atoms with E-state index >= 15 is 0 Å². The van der Waals surface area contributed by atoms with Crippen molar-refractivity contribution in [3.63, 3.8) is 0 Å². The minimum absolute atomic E-state index is 0.00528. The molecular formula is C12H15NO6. The zero-order chi connectivity index (χ0) is 14.4. The Labute approximate surface area is 110 Å². The van der Waals surface area contributed by atoms with Gasteiger partial charge in [0.05, 0.1) is 32.2 Å². The second-order valence-electron chi connectivity index (χ2n) is 3.55. The molecule has 7 nitrogen and oxygen atoms in total. The second kappa shape index (κ2) is 6.58. The van der Waals surface area contributed by atoms with Crippen molar-refractivity contribution in [2.24, 2.45) is 0 Å². The number of hydrogen-bond acceptors (Lipinski definition) is 6. The standard InChI is InChI=1S/C12H15NO6/c1-4-19-10(14)7-8-5-6-9(13(15)16)12(18-3)11(8)17-2/h5-6H,4,7H2,1-3H3. The SMILES string of the molecule is CCOC(=O)Cc1ccc([N+](=O)[O-])c(OC)c1OC. The predicted molar refractivity (Wildman–Crippen MR) is 66.5 cm³/mol. The molecule has 0 aliphatic carbocycles. The normalized spacial score (nSPS) is 9.84. The van der Waals surface area contributed by atoms with Gasteiger partial charge in [-0.2, -0.15) is 0 Å². The van der Waals surface area contributed by atoms with Gasteiger partial charge in [-0.15, -0.1) is 0 Å². The van der Waals surface area contributed by atoms with Crippen LogP contribution in [0.5, 0.6) is 11.5 Å². The Morgan fingerprint density at radius 3 is 2.37 bits per heavy atom. The molecule has 7 heteroatoms. The van der Waals surface area contributed by atoms with Crippen LogP contribution in [0.25, 0.3) is 0 Å². The molecule has 0 unspecified atom stereocenters. The van der Waals surface area contributed by atoms with Gasteiger partial charge < -0.3 is 14.2 Å². The molecule has 1 aromatic carbocycles. The summed E-state index contributed by atoms with van der Waals surface area (Å²) in [7, 11) is 2.66. The Hall–Kier alpha value is -2.31. The lowest BCUT2D eigenvalue weighted by Crippen LogP contribution is -2.09. The highest BCUT2D eigenvalue weighted by Crippen LogP contribution is 2.39. The molecule has 0 aliphatic heterocycles. The average molecular weight is 269 g/mol. The number of nitro groups is 1. The summed E-state index contributed by atoms with van der Waals surface area (Å²) in [6.07, 6.45) is -0.0363. The van der Waals surface area contributed by atoms with E-state index in [1.165, 1.54) is 26.4 Å². The molecule has 0 heterocycles. The fourth-order valence-corrected chi connectivity index (χ4v) is 1.66. The van der Waals surface area contributed by atoms with Crippen LogP contribution < -0.4 is 9.47 Å². The number of carbonyl (C=O) groups is 1. The molecule has 0 aliphatic rings. The second-order valence-corrected chi connectivity index (χ2v) is 3.55. The largest absolute Gasteiger partial charge is 0.492 e. The lowest BCUT2D eigenvalue weighted by Gasteiger charge is -2.12. The molecule has 0 bridgehead atoms. The number of esters is 1. The lowest BCUT2D eigenvalue weighted by atomic mass is 10.1. The van der Waals surface area contributed by atoms with E-state index in [0.29, 0.717) is 5.56 Å². The number of hydrogen-bond donors (Lipinski definition) is 0. The number of benzene rings is 1. The summed E-state index contributed by atoms with van der Waals surface area (Å²) >= 11 is 0. The van der Waals surface area contributed by atoms with Crippen molar-refractivity contribution in [1.82, 2.24) is 0 Å². The average Bonchev–Trinajstić information content (AvgIpc) is 2.37. The minimum Gasteiger partial charge on any atom is -0.492 e. The first-order valence-corrected chi connectivity index (χ1v) is 5.59. The summed E-state index contributed by atoms with van der Waals surface area (Å²) < 4.78 is 14.9. The molecule has 0 fully saturated rings. The third-order valence-corrected chi connectivity index (χ3v) is 2.42. The molecule has 0 N–H and O–H groups in total. The van der Waals surface area contributed by atoms with Crippen LogP contribution in [0, 0.1) is 10.1 Å². The van der Waals surface area contributed by atoms with Gasteiger partial charge in [0.25, 0.3) is 0 Å². The van der Waals surface area contributed by atoms with E-state index in [-0.39, 0.29) is 30.2 Å². The monoisotopic (exact) mass is 269 g/mol. The van der Waals surface area contributed by atoms with E-state index in [9.17, 15) is 14.9 Å². The Morgan fingerprint density at radius 2 is 1.89 bits per heavy atom. The molecule has 0 amide bonds. The van der Waals surface area contributed by atoms with Crippen LogP contribution in [0.1, 0.15) is 12.5 Å². The van der Waals surface area contributed by atoms with Crippen molar-refractivity contribution in [1.29, 1.82) is 0 Å². The molecule has 0 saturated heterocycles. The van der Waals surface area contributed by atoms with Gasteiger partial charge in [0.15, 0.2) is 5.75 Å². The maximum absolute atomic E-state index is 11.4. The van der Waals surface area contributed by atoms with Crippen LogP contribution in [-0.2, 0) is 16.0 Å². The quantitative estimate of drug-likeness (QED) is 0.444. The van der Waals surface area contributed by atoms with Crippen LogP contribution in [0.4, 0.5) is 5.69 Å². The highest BCUT2D eigenvalue weighted by atomic mass is 16.6. The summed E-state index contributed by atoms with van der Waals surface area (Å²) in [4.78, 5) is 21.7. The number of methoxy groups -OCH3 is 2. The van der Waals surface area contributed by atoms with Gasteiger partial charge in [0.1, 0.15) is 0 Å². The number of carbonyl (C=O) groups excluding carboxylic acids is 1. The van der Waals surface area contributed by atoms with Crippen molar-refractivity contribution in [3.05, 3.63) is 27.8 Å². The summed E-state index contributed by atoms with van der Waals surface area (Å²) in [5.41, 5.74) is 0.260. The van der Waals surface area contributed by atoms with E-state index in [1.54, 1.807) is 6.92 Å². The third kappa shape index (κ3) is 3.34. The molecule has 0 saturated carbocycles. The number of ether oxygens (including phenoxy) is 3. The first-order valence-electron chi connectivity index (χ1n) is 5.59. The van der Waals surface area contributed by atoms with Gasteiger partial charge in [-0.3, -0.25) is 14.9 Å². The molecule has 1 aromatic rings. The van der Waals surface area contributed by atoms with Gasteiger partial charge >= 0.3 is 11.7 Å². The van der Waals surface area contributed by atoms with Crippen molar-refractivity contribution in [2.45, 2.75) is 13.3 Å². The van der Waals surface area contributed by atoms with E-state index in [1.807, 2.05) is 0 Å². The van der Waals surface area contributed by atoms with Crippen LogP contribution in [0.3, 0.4) is 0 Å². The fraction of sp³-hybridized carbons (Fsp3) is 0.417. The molecule has 0 spiro atoms. The highest BCUT2D eigenvalue weighted by molar-refractivity contribution is 5.75. The summed E-state index contributed by atoms with van der Waals surface area (Å²) in [5.74, 6) is -0.268. The maximum atomic E-state index is 11.4. The molecule has 0 radical (unpaired) electrons. The maximum Gasteiger partial charge on any atom is 0.314 e. The molecule has 104 valence electrons. The van der Waals surface area contributed by atoms with Crippen molar-refractivity contribution in [2.75, 3.05) is 20.8 Å². The molecule has 1 rings (SSSR count). The van der Waals surface area contributed by atoms with E-state index in [0.717, 1.165) is 0 Å². The van der Waals surface area contributed by atoms with E-state index in [2.05, 4.69) is 0 Å². The topological polar surface area (TPSA) is 87.9 Å². The number of rotatable bonds is 6. The minimum atomic E-state index is -0.574. The van der Waals surface area contributed by atoms with E-state index < -0.39 is 10.9 Å². The predicted octanol–water partition coefficient (Wildman–Crippen LogP) is 1.72. The number of nitro benzene ring substituents is 1. The van der Waals surface area contributed by atoms with Crippen LogP contribution >= 0.6 is 0 Å². The van der Waals surface area contributed by atoms with Crippen LogP contribution in [0.2, 0.25) is 0 Å². The smallest absolute Gasteiger partial charge is 0.314 e. The van der Waals surface area contributed by atoms with Crippen LogP contribution in [0.15, 0.2) is 12.1 Å². The summed E-state index contributed by atoms with van der Waals surface area (Å²) in [6, 6.07) is 2.73. The molecule has 0 aromatic heterocycles. The van der Waals surface area contributed by atoms with Crippen molar-refractivity contribution in [3.8, 4) is 11.5 Å². The molecular weight excluding hydrogens is 254 g/mol. The Bertz CT molecular complexity index is 485. The van der Waals surface area contributed by atoms with Gasteiger partial charge in [-0.25, -0.2) is 0 Å². The zero-order valence-electron chi connectivity index (χ0n) is 11.0. The van der Waals surface area contributed by atoms with Gasteiger partial charge in [0.2, 0.25) is 5.75 Å². The lowest BCUT2D eigenvalue weighted by molar-refractivity contribution is -0.385. The summed E-state index contributed by atoms with van der Waals surface area (Å²) in [5, 5.41) is 10.9. The third-order valence-electron chi connectivity index (χ3n) is 2.42. The van der Waals surface area contributed by atoms with Crippen LogP contribution in [-0.4, -0.2) is 31.7 Å². The summed E-state index contributed by atoms with van der Waals surface area (Å²) in [6.45, 7) is 1.97. The van der Waals surface area contributed by atoms with Crippen molar-refractivity contribution < 1.29 is 23.9 Å². The first-order chi connectivity index (χ1) is 9.04. The Morgan fingerprint density at radius 1 is 1.26 bits per heavy atom. The molecule has 19 heavy (non-hydrogen) atoms. The van der Waals surface area contributed by atoms with Gasteiger partial charge in [-0.1, -0.05) is 0 Å². The first kappa shape index (κ1) is 14.7. The Balaban J connectivity index is 3.20. The fourth-order valence-electron chi connectivity index (χ4n) is 1.66. The zero-order valence-corrected chi connectivity index (χ0v) is 11.0. The van der Waals surface area contributed by atoms with E-state index in [4.69, 9.17) is 14.2 Å².